The van der Waals surface area contributed by atoms with Gasteiger partial charge in [0.15, 0.2) is 0 Å². The molecule has 8 heteroatoms. The molecule has 0 spiro atoms. The van der Waals surface area contributed by atoms with Crippen molar-refractivity contribution >= 4 is 32.5 Å². The molecule has 0 saturated heterocycles. The number of anilines is 1. The van der Waals surface area contributed by atoms with Gasteiger partial charge in [-0.1, -0.05) is 18.2 Å². The lowest BCUT2D eigenvalue weighted by molar-refractivity contribution is 0.102. The minimum Gasteiger partial charge on any atom is -0.496 e. The Labute approximate surface area is 164 Å². The van der Waals surface area contributed by atoms with Gasteiger partial charge in [-0.15, -0.1) is 0 Å². The smallest absolute Gasteiger partial charge is 0.259 e. The minimum absolute atomic E-state index is 0.0129. The van der Waals surface area contributed by atoms with E-state index in [4.69, 9.17) is 4.74 Å². The van der Waals surface area contributed by atoms with Crippen LogP contribution in [0, 0.1) is 6.92 Å². The van der Waals surface area contributed by atoms with Crippen LogP contribution in [0.3, 0.4) is 0 Å². The molecule has 0 aliphatic rings. The standard InChI is InChI=1S/C20H21N3O4S/c1-13-6-5-7-15-17(10-11-21-19(13)15)22-20(24)16-12-14(8-9-18(16)27-4)28(25,26)23(2)3/h5-12H,1-4H3,(H,21,22,24). The fraction of sp³-hybridized carbons (Fsp3) is 0.200. The highest BCUT2D eigenvalue weighted by Gasteiger charge is 2.22. The monoisotopic (exact) mass is 399 g/mol. The van der Waals surface area contributed by atoms with Crippen LogP contribution in [0.25, 0.3) is 10.9 Å². The summed E-state index contributed by atoms with van der Waals surface area (Å²) in [5.41, 5.74) is 2.49. The van der Waals surface area contributed by atoms with Gasteiger partial charge in [0.25, 0.3) is 5.91 Å². The summed E-state index contributed by atoms with van der Waals surface area (Å²) in [6.07, 6.45) is 1.62. The number of fused-ring (bicyclic) bond motifs is 1. The molecule has 2 aromatic carbocycles. The third kappa shape index (κ3) is 3.56. The lowest BCUT2D eigenvalue weighted by atomic mass is 10.1. The Balaban J connectivity index is 2.05. The highest BCUT2D eigenvalue weighted by atomic mass is 32.2. The molecule has 0 bridgehead atoms. The van der Waals surface area contributed by atoms with Crippen molar-refractivity contribution in [2.75, 3.05) is 26.5 Å². The predicted molar refractivity (Wildman–Crippen MR) is 108 cm³/mol. The quantitative estimate of drug-likeness (QED) is 0.712. The van der Waals surface area contributed by atoms with E-state index in [0.29, 0.717) is 5.69 Å². The molecule has 0 aliphatic carbocycles. The predicted octanol–water partition coefficient (Wildman–Crippen LogP) is 3.05. The Morgan fingerprint density at radius 1 is 1.14 bits per heavy atom. The Kier molecular flexibility index (Phi) is 5.35. The van der Waals surface area contributed by atoms with E-state index in [1.807, 2.05) is 25.1 Å². The average molecular weight is 399 g/mol. The number of aromatic nitrogens is 1. The first kappa shape index (κ1) is 19.8. The van der Waals surface area contributed by atoms with Crippen LogP contribution in [-0.4, -0.2) is 44.8 Å². The summed E-state index contributed by atoms with van der Waals surface area (Å²) in [7, 11) is 0.615. The van der Waals surface area contributed by atoms with Gasteiger partial charge in [0, 0.05) is 25.7 Å². The molecular weight excluding hydrogens is 378 g/mol. The molecule has 0 radical (unpaired) electrons. The highest BCUT2D eigenvalue weighted by Crippen LogP contribution is 2.27. The Hall–Kier alpha value is -2.97. The zero-order chi connectivity index (χ0) is 20.5. The van der Waals surface area contributed by atoms with E-state index >= 15 is 0 Å². The van der Waals surface area contributed by atoms with E-state index in [1.54, 1.807) is 12.3 Å². The number of carbonyl (C=O) groups excluding carboxylic acids is 1. The third-order valence-corrected chi connectivity index (χ3v) is 6.23. The molecular formula is C20H21N3O4S. The molecule has 3 rings (SSSR count). The first-order valence-corrected chi connectivity index (χ1v) is 9.96. The lowest BCUT2D eigenvalue weighted by Crippen LogP contribution is -2.23. The number of rotatable bonds is 5. The Morgan fingerprint density at radius 2 is 1.89 bits per heavy atom. The number of carbonyl (C=O) groups is 1. The van der Waals surface area contributed by atoms with Crippen LogP contribution in [-0.2, 0) is 10.0 Å². The van der Waals surface area contributed by atoms with Crippen molar-refractivity contribution in [2.24, 2.45) is 0 Å². The van der Waals surface area contributed by atoms with E-state index in [0.717, 1.165) is 20.8 Å². The van der Waals surface area contributed by atoms with Gasteiger partial charge in [-0.3, -0.25) is 9.78 Å². The van der Waals surface area contributed by atoms with Gasteiger partial charge in [-0.2, -0.15) is 0 Å². The summed E-state index contributed by atoms with van der Waals surface area (Å²) in [6, 6.07) is 11.6. The normalized spacial score (nSPS) is 11.6. The van der Waals surface area contributed by atoms with Gasteiger partial charge >= 0.3 is 0 Å². The van der Waals surface area contributed by atoms with Gasteiger partial charge in [-0.05, 0) is 36.8 Å². The summed E-state index contributed by atoms with van der Waals surface area (Å²) in [5, 5.41) is 3.64. The van der Waals surface area contributed by atoms with Gasteiger partial charge in [0.2, 0.25) is 10.0 Å². The molecule has 28 heavy (non-hydrogen) atoms. The first-order chi connectivity index (χ1) is 13.3. The van der Waals surface area contributed by atoms with Crippen LogP contribution in [0.15, 0.2) is 53.6 Å². The van der Waals surface area contributed by atoms with Gasteiger partial charge in [-0.25, -0.2) is 12.7 Å². The zero-order valence-corrected chi connectivity index (χ0v) is 16.9. The summed E-state index contributed by atoms with van der Waals surface area (Å²) in [5.74, 6) is -0.189. The molecule has 1 N–H and O–H groups in total. The number of ether oxygens (including phenoxy) is 1. The molecule has 0 saturated carbocycles. The number of hydrogen-bond acceptors (Lipinski definition) is 5. The average Bonchev–Trinajstić information content (AvgIpc) is 2.68. The number of sulfonamides is 1. The molecule has 0 fully saturated rings. The van der Waals surface area contributed by atoms with Crippen LogP contribution < -0.4 is 10.1 Å². The minimum atomic E-state index is -3.68. The van der Waals surface area contributed by atoms with Crippen molar-refractivity contribution in [3.05, 3.63) is 59.8 Å². The SMILES string of the molecule is COc1ccc(S(=O)(=O)N(C)C)cc1C(=O)Nc1ccnc2c(C)cccc12. The van der Waals surface area contributed by atoms with Crippen LogP contribution in [0.1, 0.15) is 15.9 Å². The molecule has 146 valence electrons. The van der Waals surface area contributed by atoms with E-state index in [9.17, 15) is 13.2 Å². The van der Waals surface area contributed by atoms with Gasteiger partial charge in [0.1, 0.15) is 5.75 Å². The maximum absolute atomic E-state index is 13.0. The first-order valence-electron chi connectivity index (χ1n) is 8.52. The fourth-order valence-corrected chi connectivity index (χ4v) is 3.79. The van der Waals surface area contributed by atoms with Gasteiger partial charge in [0.05, 0.1) is 28.8 Å². The lowest BCUT2D eigenvalue weighted by Gasteiger charge is -2.15. The third-order valence-electron chi connectivity index (χ3n) is 4.42. The number of hydrogen-bond donors (Lipinski definition) is 1. The molecule has 0 aliphatic heterocycles. The maximum Gasteiger partial charge on any atom is 0.259 e. The second kappa shape index (κ2) is 7.57. The molecule has 0 atom stereocenters. The van der Waals surface area contributed by atoms with E-state index in [-0.39, 0.29) is 16.2 Å². The second-order valence-corrected chi connectivity index (χ2v) is 8.59. The summed E-state index contributed by atoms with van der Waals surface area (Å²) < 4.78 is 31.2. The van der Waals surface area contributed by atoms with Crippen LogP contribution in [0.4, 0.5) is 5.69 Å². The number of nitrogens with zero attached hydrogens (tertiary/aromatic N) is 2. The van der Waals surface area contributed by atoms with Crippen LogP contribution in [0.5, 0.6) is 5.75 Å². The zero-order valence-electron chi connectivity index (χ0n) is 16.1. The number of methoxy groups -OCH3 is 1. The number of para-hydroxylation sites is 1. The van der Waals surface area contributed by atoms with E-state index in [2.05, 4.69) is 10.3 Å². The van der Waals surface area contributed by atoms with Crippen molar-refractivity contribution in [3.8, 4) is 5.75 Å². The number of aryl methyl sites for hydroxylation is 1. The fourth-order valence-electron chi connectivity index (χ4n) is 2.86. The van der Waals surface area contributed by atoms with Crippen molar-refractivity contribution in [1.82, 2.24) is 9.29 Å². The van der Waals surface area contributed by atoms with Crippen LogP contribution >= 0.6 is 0 Å². The molecule has 7 nitrogen and oxygen atoms in total. The number of pyridine rings is 1. The maximum atomic E-state index is 13.0. The van der Waals surface area contributed by atoms with E-state index < -0.39 is 15.9 Å². The summed E-state index contributed by atoms with van der Waals surface area (Å²) >= 11 is 0. The van der Waals surface area contributed by atoms with Crippen LogP contribution in [0.2, 0.25) is 0 Å². The number of amides is 1. The van der Waals surface area contributed by atoms with Crippen molar-refractivity contribution in [3.63, 3.8) is 0 Å². The molecule has 0 unspecified atom stereocenters. The van der Waals surface area contributed by atoms with Crippen molar-refractivity contribution in [1.29, 1.82) is 0 Å². The van der Waals surface area contributed by atoms with Gasteiger partial charge < -0.3 is 10.1 Å². The number of nitrogens with one attached hydrogen (secondary N) is 1. The molecule has 1 heterocycles. The molecule has 1 aromatic heterocycles. The number of benzene rings is 2. The second-order valence-electron chi connectivity index (χ2n) is 6.43. The topological polar surface area (TPSA) is 88.6 Å². The molecule has 1 amide bonds. The molecule has 3 aromatic rings. The highest BCUT2D eigenvalue weighted by molar-refractivity contribution is 7.89. The summed E-state index contributed by atoms with van der Waals surface area (Å²) in [4.78, 5) is 17.3. The Morgan fingerprint density at radius 3 is 2.57 bits per heavy atom. The summed E-state index contributed by atoms with van der Waals surface area (Å²) in [6.45, 7) is 1.94. The van der Waals surface area contributed by atoms with E-state index in [1.165, 1.54) is 39.4 Å². The Bertz CT molecular complexity index is 1160. The van der Waals surface area contributed by atoms with Crippen molar-refractivity contribution in [2.45, 2.75) is 11.8 Å². The largest absolute Gasteiger partial charge is 0.496 e. The van der Waals surface area contributed by atoms with Crippen molar-refractivity contribution < 1.29 is 17.9 Å².